The van der Waals surface area contributed by atoms with Crippen molar-refractivity contribution in [2.24, 2.45) is 5.92 Å². The number of carbonyl (C=O) groups excluding carboxylic acids is 1. The minimum absolute atomic E-state index is 0.0571. The number of hydrogen-bond acceptors (Lipinski definition) is 9. The molecule has 1 aromatic heterocycles. The monoisotopic (exact) mass is 724 g/mol. The average Bonchev–Trinajstić information content (AvgIpc) is 3.38. The highest BCUT2D eigenvalue weighted by atomic mass is 35.5. The molecular weight excluding hydrogens is 679 g/mol. The molecule has 0 saturated heterocycles. The number of ether oxygens (including phenoxy) is 2. The molecule has 11 nitrogen and oxygen atoms in total. The van der Waals surface area contributed by atoms with Crippen molar-refractivity contribution >= 4 is 44.8 Å². The van der Waals surface area contributed by atoms with Crippen molar-refractivity contribution in [3.05, 3.63) is 69.0 Å². The summed E-state index contributed by atoms with van der Waals surface area (Å²) in [5.74, 6) is -0.0414. The molecule has 3 aromatic rings. The molecule has 1 aliphatic rings. The molecular formula is C34H46Cl2N4O7S. The Hall–Kier alpha value is -2.87. The number of anilines is 1. The first kappa shape index (κ1) is 37.9. The fraction of sp³-hybridized carbons (Fsp3) is 0.529. The first-order valence-electron chi connectivity index (χ1n) is 16.1. The number of carbonyl (C=O) groups is 1. The summed E-state index contributed by atoms with van der Waals surface area (Å²) in [6, 6.07) is 9.68. The smallest absolute Gasteiger partial charge is 0.267 e. The topological polar surface area (TPSA) is 134 Å². The predicted molar refractivity (Wildman–Crippen MR) is 186 cm³/mol. The van der Waals surface area contributed by atoms with Crippen molar-refractivity contribution in [3.63, 3.8) is 0 Å². The SMILES string of the molecule is Cc1noc(C)c1S(=O)(=O)Nc1ccc2c(c1)C(=O)N([C@@H](C)CO)C[C@H](C)[C@H](CN(C)Cc1ccc(Cl)c(Cl)c1)OCCCC[C@@H](C)O2. The highest BCUT2D eigenvalue weighted by Crippen LogP contribution is 2.31. The quantitative estimate of drug-likeness (QED) is 0.260. The van der Waals surface area contributed by atoms with Crippen molar-refractivity contribution in [1.29, 1.82) is 0 Å². The van der Waals surface area contributed by atoms with Crippen LogP contribution in [0.2, 0.25) is 10.0 Å². The van der Waals surface area contributed by atoms with Crippen LogP contribution in [0.25, 0.3) is 0 Å². The summed E-state index contributed by atoms with van der Waals surface area (Å²) < 4.78 is 47.0. The van der Waals surface area contributed by atoms with Crippen molar-refractivity contribution in [1.82, 2.24) is 15.0 Å². The van der Waals surface area contributed by atoms with Crippen molar-refractivity contribution in [2.45, 2.75) is 83.6 Å². The van der Waals surface area contributed by atoms with Gasteiger partial charge in [-0.15, -0.1) is 0 Å². The van der Waals surface area contributed by atoms with Gasteiger partial charge in [-0.3, -0.25) is 14.4 Å². The van der Waals surface area contributed by atoms with Crippen LogP contribution in [0.15, 0.2) is 45.8 Å². The van der Waals surface area contributed by atoms with E-state index < -0.39 is 22.0 Å². The number of nitrogens with zero attached hydrogens (tertiary/aromatic N) is 3. The predicted octanol–water partition coefficient (Wildman–Crippen LogP) is 6.33. The Kier molecular flexibility index (Phi) is 13.2. The Morgan fingerprint density at radius 3 is 2.54 bits per heavy atom. The van der Waals surface area contributed by atoms with Gasteiger partial charge in [-0.25, -0.2) is 8.42 Å². The molecule has 0 saturated carbocycles. The minimum atomic E-state index is -4.07. The summed E-state index contributed by atoms with van der Waals surface area (Å²) in [6.07, 6.45) is 1.96. The molecule has 2 N–H and O–H groups in total. The molecule has 0 spiro atoms. The van der Waals surface area contributed by atoms with Gasteiger partial charge in [0.25, 0.3) is 15.9 Å². The standard InChI is InChI=1S/C34H46Cl2N4O7S/c1-21-17-40(22(2)20-41)34(42)28-16-27(38-48(43,44)33-24(4)37-47-25(33)5)11-13-31(28)46-23(3)9-7-8-14-45-32(21)19-39(6)18-26-10-12-29(35)30(36)15-26/h10-13,15-16,21-23,32,38,41H,7-9,14,17-20H2,1-6H3/t21-,22-,23+,32-/m0/s1. The molecule has 0 radical (unpaired) electrons. The van der Waals surface area contributed by atoms with Gasteiger partial charge in [0.15, 0.2) is 10.7 Å². The van der Waals surface area contributed by atoms with E-state index in [4.69, 9.17) is 37.2 Å². The maximum atomic E-state index is 14.4. The molecule has 48 heavy (non-hydrogen) atoms. The molecule has 1 amide bonds. The summed E-state index contributed by atoms with van der Waals surface area (Å²) in [4.78, 5) is 18.1. The number of aliphatic hydroxyl groups excluding tert-OH is 1. The van der Waals surface area contributed by atoms with Gasteiger partial charge in [-0.2, -0.15) is 0 Å². The van der Waals surface area contributed by atoms with E-state index in [0.717, 1.165) is 24.8 Å². The summed E-state index contributed by atoms with van der Waals surface area (Å²) in [7, 11) is -2.07. The fourth-order valence-corrected chi connectivity index (χ4v) is 7.54. The molecule has 2 heterocycles. The number of aliphatic hydroxyl groups is 1. The largest absolute Gasteiger partial charge is 0.490 e. The summed E-state index contributed by atoms with van der Waals surface area (Å²) in [6.45, 7) is 10.6. The molecule has 14 heteroatoms. The van der Waals surface area contributed by atoms with Crippen LogP contribution in [0.4, 0.5) is 5.69 Å². The van der Waals surface area contributed by atoms with Crippen LogP contribution in [-0.4, -0.2) is 86.0 Å². The van der Waals surface area contributed by atoms with Crippen LogP contribution in [0.5, 0.6) is 5.75 Å². The highest BCUT2D eigenvalue weighted by Gasteiger charge is 2.31. The number of aryl methyl sites for hydroxylation is 2. The Morgan fingerprint density at radius 1 is 1.12 bits per heavy atom. The normalized spacial score (nSPS) is 20.6. The van der Waals surface area contributed by atoms with Gasteiger partial charge in [-0.05, 0) is 89.9 Å². The number of fused-ring (bicyclic) bond motifs is 1. The number of sulfonamides is 1. The van der Waals surface area contributed by atoms with Crippen LogP contribution in [0, 0.1) is 19.8 Å². The summed E-state index contributed by atoms with van der Waals surface area (Å²) >= 11 is 12.4. The lowest BCUT2D eigenvalue weighted by Crippen LogP contribution is -2.47. The number of hydrogen-bond donors (Lipinski definition) is 2. The van der Waals surface area contributed by atoms with Crippen molar-refractivity contribution in [2.75, 3.05) is 38.1 Å². The van der Waals surface area contributed by atoms with E-state index in [1.54, 1.807) is 36.9 Å². The molecule has 1 aliphatic heterocycles. The van der Waals surface area contributed by atoms with Gasteiger partial charge in [-0.1, -0.05) is 41.3 Å². The maximum absolute atomic E-state index is 14.4. The van der Waals surface area contributed by atoms with Crippen LogP contribution < -0.4 is 9.46 Å². The second-order valence-corrected chi connectivity index (χ2v) is 15.1. The number of rotatable bonds is 9. The van der Waals surface area contributed by atoms with E-state index in [1.807, 2.05) is 33.0 Å². The van der Waals surface area contributed by atoms with Crippen molar-refractivity contribution < 1.29 is 32.3 Å². The first-order chi connectivity index (χ1) is 22.7. The lowest BCUT2D eigenvalue weighted by atomic mass is 10.0. The molecule has 4 atom stereocenters. The third-order valence-corrected chi connectivity index (χ3v) is 10.8. The van der Waals surface area contributed by atoms with Crippen LogP contribution in [-0.2, 0) is 21.3 Å². The van der Waals surface area contributed by atoms with E-state index in [0.29, 0.717) is 35.5 Å². The Labute approximate surface area is 293 Å². The number of halogens is 2. The zero-order chi connectivity index (χ0) is 35.2. The fourth-order valence-electron chi connectivity index (χ4n) is 5.83. The van der Waals surface area contributed by atoms with E-state index >= 15 is 0 Å². The minimum Gasteiger partial charge on any atom is -0.490 e. The van der Waals surface area contributed by atoms with Gasteiger partial charge in [0.1, 0.15) is 11.4 Å². The van der Waals surface area contributed by atoms with Crippen molar-refractivity contribution in [3.8, 4) is 5.75 Å². The third kappa shape index (κ3) is 9.64. The Bertz CT molecular complexity index is 1650. The molecule has 0 bridgehead atoms. The highest BCUT2D eigenvalue weighted by molar-refractivity contribution is 7.92. The third-order valence-electron chi connectivity index (χ3n) is 8.47. The zero-order valence-electron chi connectivity index (χ0n) is 28.3. The Balaban J connectivity index is 1.65. The van der Waals surface area contributed by atoms with E-state index in [2.05, 4.69) is 14.8 Å². The molecule has 4 rings (SSSR count). The Morgan fingerprint density at radius 2 is 1.88 bits per heavy atom. The second-order valence-electron chi connectivity index (χ2n) is 12.7. The number of likely N-dealkylation sites (N-methyl/N-ethyl adjacent to an activating group) is 1. The van der Waals surface area contributed by atoms with Crippen LogP contribution >= 0.6 is 23.2 Å². The zero-order valence-corrected chi connectivity index (χ0v) is 30.7. The van der Waals surface area contributed by atoms with Gasteiger partial charge in [0.05, 0.1) is 40.5 Å². The molecule has 0 fully saturated rings. The number of amides is 1. The van der Waals surface area contributed by atoms with Gasteiger partial charge < -0.3 is 24.0 Å². The van der Waals surface area contributed by atoms with E-state index in [9.17, 15) is 18.3 Å². The molecule has 264 valence electrons. The summed E-state index contributed by atoms with van der Waals surface area (Å²) in [5.41, 5.74) is 1.59. The molecule has 0 aliphatic carbocycles. The summed E-state index contributed by atoms with van der Waals surface area (Å²) in [5, 5.41) is 15.0. The van der Waals surface area contributed by atoms with E-state index in [1.165, 1.54) is 13.0 Å². The molecule has 2 aromatic carbocycles. The number of benzene rings is 2. The van der Waals surface area contributed by atoms with Crippen LogP contribution in [0.3, 0.4) is 0 Å². The number of aromatic nitrogens is 1. The molecule has 0 unspecified atom stereocenters. The van der Waals surface area contributed by atoms with Gasteiger partial charge in [0.2, 0.25) is 0 Å². The van der Waals surface area contributed by atoms with E-state index in [-0.39, 0.29) is 58.9 Å². The first-order valence-corrected chi connectivity index (χ1v) is 18.4. The average molecular weight is 726 g/mol. The van der Waals surface area contributed by atoms with Gasteiger partial charge in [0, 0.05) is 37.8 Å². The lowest BCUT2D eigenvalue weighted by molar-refractivity contribution is -0.0177. The van der Waals surface area contributed by atoms with Crippen LogP contribution in [0.1, 0.15) is 67.4 Å². The second kappa shape index (κ2) is 16.7. The van der Waals surface area contributed by atoms with Gasteiger partial charge >= 0.3 is 0 Å². The maximum Gasteiger partial charge on any atom is 0.267 e. The number of nitrogens with one attached hydrogen (secondary N) is 1. The lowest BCUT2D eigenvalue weighted by Gasteiger charge is -2.36.